The molecule has 4 nitrogen and oxygen atoms in total. The number of amides is 1. The summed E-state index contributed by atoms with van der Waals surface area (Å²) in [4.78, 5) is 15.8. The molecule has 0 bridgehead atoms. The molecule has 1 amide bonds. The summed E-state index contributed by atoms with van der Waals surface area (Å²) in [5.74, 6) is -0.269. The van der Waals surface area contributed by atoms with E-state index in [0.29, 0.717) is 10.6 Å². The number of pyridine rings is 1. The molecule has 2 atom stereocenters. The Hall–Kier alpha value is -1.13. The second-order valence-corrected chi connectivity index (χ2v) is 4.69. The predicted octanol–water partition coefficient (Wildman–Crippen LogP) is 1.77. The molecule has 2 unspecified atom stereocenters. The van der Waals surface area contributed by atoms with Gasteiger partial charge in [0.15, 0.2) is 0 Å². The van der Waals surface area contributed by atoms with Crippen LogP contribution in [0.4, 0.5) is 0 Å². The number of nitrogens with zero attached hydrogens (tertiary/aromatic N) is 1. The molecule has 92 valence electrons. The van der Waals surface area contributed by atoms with Gasteiger partial charge in [-0.2, -0.15) is 0 Å². The van der Waals surface area contributed by atoms with E-state index in [1.54, 1.807) is 6.07 Å². The van der Waals surface area contributed by atoms with E-state index in [0.717, 1.165) is 25.7 Å². The molecule has 1 saturated carbocycles. The van der Waals surface area contributed by atoms with Crippen molar-refractivity contribution in [3.63, 3.8) is 0 Å². The summed E-state index contributed by atoms with van der Waals surface area (Å²) in [5.41, 5.74) is 0.354. The van der Waals surface area contributed by atoms with Crippen LogP contribution in [0.5, 0.6) is 0 Å². The lowest BCUT2D eigenvalue weighted by Crippen LogP contribution is -2.45. The predicted molar refractivity (Wildman–Crippen MR) is 65.0 cm³/mol. The molecular formula is C12H15ClN2O2. The highest BCUT2D eigenvalue weighted by Crippen LogP contribution is 2.20. The van der Waals surface area contributed by atoms with Crippen molar-refractivity contribution in [1.29, 1.82) is 0 Å². The first-order chi connectivity index (χ1) is 8.18. The Balaban J connectivity index is 2.04. The fourth-order valence-electron chi connectivity index (χ4n) is 2.07. The molecule has 1 fully saturated rings. The number of aromatic nitrogens is 1. The number of carbonyl (C=O) groups excluding carboxylic acids is 1. The number of halogens is 1. The molecular weight excluding hydrogens is 240 g/mol. The Morgan fingerprint density at radius 2 is 2.24 bits per heavy atom. The highest BCUT2D eigenvalue weighted by molar-refractivity contribution is 6.33. The Morgan fingerprint density at radius 1 is 1.47 bits per heavy atom. The van der Waals surface area contributed by atoms with Crippen LogP contribution in [-0.2, 0) is 0 Å². The van der Waals surface area contributed by atoms with Gasteiger partial charge in [0.05, 0.1) is 22.7 Å². The van der Waals surface area contributed by atoms with Crippen molar-refractivity contribution < 1.29 is 9.90 Å². The van der Waals surface area contributed by atoms with Crippen molar-refractivity contribution >= 4 is 17.5 Å². The summed E-state index contributed by atoms with van der Waals surface area (Å²) < 4.78 is 0. The summed E-state index contributed by atoms with van der Waals surface area (Å²) in [6, 6.07) is 1.40. The van der Waals surface area contributed by atoms with Gasteiger partial charge in [-0.15, -0.1) is 0 Å². The molecule has 5 heteroatoms. The summed E-state index contributed by atoms with van der Waals surface area (Å²) in [5, 5.41) is 13.0. The first kappa shape index (κ1) is 12.3. The van der Waals surface area contributed by atoms with Crippen molar-refractivity contribution in [2.45, 2.75) is 37.8 Å². The van der Waals surface area contributed by atoms with E-state index in [2.05, 4.69) is 10.3 Å². The van der Waals surface area contributed by atoms with Gasteiger partial charge in [-0.3, -0.25) is 9.78 Å². The summed E-state index contributed by atoms with van der Waals surface area (Å²) in [6.45, 7) is 0. The summed E-state index contributed by atoms with van der Waals surface area (Å²) in [7, 11) is 0. The van der Waals surface area contributed by atoms with Crippen LogP contribution in [0.1, 0.15) is 36.0 Å². The van der Waals surface area contributed by atoms with Crippen molar-refractivity contribution in [2.24, 2.45) is 0 Å². The fourth-order valence-corrected chi connectivity index (χ4v) is 2.26. The van der Waals surface area contributed by atoms with Gasteiger partial charge in [-0.25, -0.2) is 0 Å². The van der Waals surface area contributed by atoms with E-state index in [4.69, 9.17) is 11.6 Å². The Labute approximate surface area is 105 Å². The van der Waals surface area contributed by atoms with Crippen molar-refractivity contribution in [2.75, 3.05) is 0 Å². The fraction of sp³-hybridized carbons (Fsp3) is 0.500. The van der Waals surface area contributed by atoms with Crippen molar-refractivity contribution in [3.05, 3.63) is 29.0 Å². The van der Waals surface area contributed by atoms with Gasteiger partial charge in [0.25, 0.3) is 5.91 Å². The third-order valence-electron chi connectivity index (χ3n) is 3.06. The van der Waals surface area contributed by atoms with Gasteiger partial charge >= 0.3 is 0 Å². The van der Waals surface area contributed by atoms with Crippen molar-refractivity contribution in [1.82, 2.24) is 10.3 Å². The molecule has 1 heterocycles. The quantitative estimate of drug-likeness (QED) is 0.846. The second-order valence-electron chi connectivity index (χ2n) is 4.29. The minimum Gasteiger partial charge on any atom is -0.391 e. The van der Waals surface area contributed by atoms with Gasteiger partial charge in [0.1, 0.15) is 0 Å². The monoisotopic (exact) mass is 254 g/mol. The van der Waals surface area contributed by atoms with Crippen LogP contribution in [-0.4, -0.2) is 28.1 Å². The number of hydrogen-bond donors (Lipinski definition) is 2. The third-order valence-corrected chi connectivity index (χ3v) is 3.39. The smallest absolute Gasteiger partial charge is 0.254 e. The minimum atomic E-state index is -0.455. The molecule has 1 aliphatic carbocycles. The minimum absolute atomic E-state index is 0.174. The number of rotatable bonds is 2. The maximum Gasteiger partial charge on any atom is 0.254 e. The zero-order valence-electron chi connectivity index (χ0n) is 9.40. The maximum atomic E-state index is 11.9. The van der Waals surface area contributed by atoms with Crippen LogP contribution in [0.3, 0.4) is 0 Å². The molecule has 1 aromatic rings. The van der Waals surface area contributed by atoms with Gasteiger partial charge in [-0.1, -0.05) is 24.4 Å². The van der Waals surface area contributed by atoms with Gasteiger partial charge < -0.3 is 10.4 Å². The molecule has 1 aliphatic rings. The Bertz CT molecular complexity index is 411. The van der Waals surface area contributed by atoms with Crippen LogP contribution >= 0.6 is 11.6 Å². The zero-order valence-corrected chi connectivity index (χ0v) is 10.2. The Kier molecular flexibility index (Phi) is 3.97. The highest BCUT2D eigenvalue weighted by atomic mass is 35.5. The van der Waals surface area contributed by atoms with Crippen LogP contribution in [0.2, 0.25) is 5.02 Å². The zero-order chi connectivity index (χ0) is 12.3. The summed E-state index contributed by atoms with van der Waals surface area (Å²) >= 11 is 5.91. The van der Waals surface area contributed by atoms with Gasteiger partial charge in [0, 0.05) is 12.4 Å². The third kappa shape index (κ3) is 2.96. The van der Waals surface area contributed by atoms with E-state index in [1.807, 2.05) is 0 Å². The normalized spacial score (nSPS) is 24.4. The number of nitrogens with one attached hydrogen (secondary N) is 1. The lowest BCUT2D eigenvalue weighted by atomic mass is 9.92. The maximum absolute atomic E-state index is 11.9. The highest BCUT2D eigenvalue weighted by Gasteiger charge is 2.25. The SMILES string of the molecule is O=C(NC1CCCCC1O)c1cnccc1Cl. The molecule has 2 rings (SSSR count). The van der Waals surface area contributed by atoms with Crippen LogP contribution < -0.4 is 5.32 Å². The second kappa shape index (κ2) is 5.47. The molecule has 2 N–H and O–H groups in total. The van der Waals surface area contributed by atoms with E-state index >= 15 is 0 Å². The van der Waals surface area contributed by atoms with Gasteiger partial charge in [0.2, 0.25) is 0 Å². The molecule has 1 aromatic heterocycles. The van der Waals surface area contributed by atoms with Gasteiger partial charge in [-0.05, 0) is 18.9 Å². The Morgan fingerprint density at radius 3 is 2.94 bits per heavy atom. The standard InChI is InChI=1S/C12H15ClN2O2/c13-9-5-6-14-7-8(9)12(17)15-10-3-1-2-4-11(10)16/h5-7,10-11,16H,1-4H2,(H,15,17). The summed E-state index contributed by atoms with van der Waals surface area (Å²) in [6.07, 6.45) is 6.12. The average molecular weight is 255 g/mol. The number of hydrogen-bond acceptors (Lipinski definition) is 3. The lowest BCUT2D eigenvalue weighted by Gasteiger charge is -2.28. The van der Waals surface area contributed by atoms with Crippen LogP contribution in [0.25, 0.3) is 0 Å². The largest absolute Gasteiger partial charge is 0.391 e. The van der Waals surface area contributed by atoms with Crippen LogP contribution in [0.15, 0.2) is 18.5 Å². The van der Waals surface area contributed by atoms with Crippen molar-refractivity contribution in [3.8, 4) is 0 Å². The number of carbonyl (C=O) groups is 1. The van der Waals surface area contributed by atoms with E-state index in [1.165, 1.54) is 12.4 Å². The van der Waals surface area contributed by atoms with E-state index < -0.39 is 6.10 Å². The number of aliphatic hydroxyl groups excluding tert-OH is 1. The molecule has 0 aliphatic heterocycles. The number of aliphatic hydroxyl groups is 1. The topological polar surface area (TPSA) is 62.2 Å². The van der Waals surface area contributed by atoms with E-state index in [-0.39, 0.29) is 11.9 Å². The lowest BCUT2D eigenvalue weighted by molar-refractivity contribution is 0.0717. The first-order valence-electron chi connectivity index (χ1n) is 5.77. The first-order valence-corrected chi connectivity index (χ1v) is 6.14. The molecule has 0 saturated heterocycles. The molecule has 0 aromatic carbocycles. The molecule has 0 spiro atoms. The molecule has 0 radical (unpaired) electrons. The van der Waals surface area contributed by atoms with E-state index in [9.17, 15) is 9.90 Å². The average Bonchev–Trinajstić information content (AvgIpc) is 2.32. The van der Waals surface area contributed by atoms with Crippen LogP contribution in [0, 0.1) is 0 Å². The molecule has 17 heavy (non-hydrogen) atoms.